The van der Waals surface area contributed by atoms with Crippen LogP contribution in [-0.2, 0) is 13.1 Å². The van der Waals surface area contributed by atoms with E-state index in [0.29, 0.717) is 30.6 Å². The second-order valence-corrected chi connectivity index (χ2v) is 12.4. The van der Waals surface area contributed by atoms with Crippen molar-refractivity contribution in [3.05, 3.63) is 52.5 Å². The van der Waals surface area contributed by atoms with Gasteiger partial charge in [0.05, 0.1) is 31.8 Å². The molecule has 1 saturated heterocycles. The van der Waals surface area contributed by atoms with Crippen LogP contribution in [0.3, 0.4) is 0 Å². The highest BCUT2D eigenvalue weighted by Gasteiger charge is 2.24. The second-order valence-electron chi connectivity index (χ2n) is 11.4. The number of anilines is 3. The van der Waals surface area contributed by atoms with Gasteiger partial charge in [-0.05, 0) is 45.1 Å². The number of ether oxygens (including phenoxy) is 3. The van der Waals surface area contributed by atoms with Crippen LogP contribution in [0.5, 0.6) is 17.2 Å². The van der Waals surface area contributed by atoms with Crippen molar-refractivity contribution in [2.45, 2.75) is 32.0 Å². The van der Waals surface area contributed by atoms with Gasteiger partial charge in [-0.3, -0.25) is 9.88 Å². The molecule has 0 aliphatic carbocycles. The van der Waals surface area contributed by atoms with Gasteiger partial charge in [0.25, 0.3) is 0 Å². The average molecular weight is 621 g/mol. The number of nitrogens with one attached hydrogen (secondary N) is 2. The summed E-state index contributed by atoms with van der Waals surface area (Å²) < 4.78 is 17.4. The number of thiazole rings is 1. The molecule has 0 bridgehead atoms. The third kappa shape index (κ3) is 7.79. The summed E-state index contributed by atoms with van der Waals surface area (Å²) in [5.74, 6) is 3.59. The SMILES string of the molecule is COc1cc2nc(NCc3cncs3)nc(NC3CCN(Cc4c(OCCN(C)C)cccc4N(C)C)CC3)c2cc1OC. The third-order valence-corrected chi connectivity index (χ3v) is 8.58. The van der Waals surface area contributed by atoms with Crippen molar-refractivity contribution in [1.82, 2.24) is 24.8 Å². The average Bonchev–Trinajstić information content (AvgIpc) is 3.54. The fourth-order valence-corrected chi connectivity index (χ4v) is 5.93. The summed E-state index contributed by atoms with van der Waals surface area (Å²) in [4.78, 5) is 21.8. The second kappa shape index (κ2) is 14.7. The maximum atomic E-state index is 6.26. The van der Waals surface area contributed by atoms with Gasteiger partial charge in [-0.15, -0.1) is 11.3 Å². The lowest BCUT2D eigenvalue weighted by atomic mass is 10.0. The number of likely N-dealkylation sites (N-methyl/N-ethyl adjacent to an activating group) is 1. The molecule has 236 valence electrons. The lowest BCUT2D eigenvalue weighted by molar-refractivity contribution is 0.205. The van der Waals surface area contributed by atoms with Gasteiger partial charge in [-0.2, -0.15) is 4.98 Å². The molecule has 0 amide bonds. The third-order valence-electron chi connectivity index (χ3n) is 7.80. The van der Waals surface area contributed by atoms with Gasteiger partial charge < -0.3 is 34.6 Å². The highest BCUT2D eigenvalue weighted by molar-refractivity contribution is 7.09. The van der Waals surface area contributed by atoms with Crippen molar-refractivity contribution in [3.63, 3.8) is 0 Å². The first-order valence-electron chi connectivity index (χ1n) is 14.9. The Hall–Kier alpha value is -3.87. The maximum Gasteiger partial charge on any atom is 0.225 e. The molecule has 11 nitrogen and oxygen atoms in total. The molecule has 2 aromatic heterocycles. The molecule has 0 unspecified atom stereocenters. The highest BCUT2D eigenvalue weighted by atomic mass is 32.1. The number of aromatic nitrogens is 3. The largest absolute Gasteiger partial charge is 0.493 e. The van der Waals surface area contributed by atoms with Gasteiger partial charge in [0.15, 0.2) is 11.5 Å². The Labute approximate surface area is 264 Å². The summed E-state index contributed by atoms with van der Waals surface area (Å²) in [7, 11) is 11.6. The lowest BCUT2D eigenvalue weighted by Gasteiger charge is -2.34. The van der Waals surface area contributed by atoms with Crippen LogP contribution in [0.2, 0.25) is 0 Å². The van der Waals surface area contributed by atoms with E-state index in [4.69, 9.17) is 24.2 Å². The molecule has 0 atom stereocenters. The lowest BCUT2D eigenvalue weighted by Crippen LogP contribution is -2.39. The van der Waals surface area contributed by atoms with Crippen molar-refractivity contribution in [2.24, 2.45) is 0 Å². The smallest absolute Gasteiger partial charge is 0.225 e. The number of hydrogen-bond donors (Lipinski definition) is 2. The summed E-state index contributed by atoms with van der Waals surface area (Å²) in [5.41, 5.74) is 5.05. The molecule has 1 fully saturated rings. The summed E-state index contributed by atoms with van der Waals surface area (Å²) in [6.07, 6.45) is 3.84. The molecule has 5 rings (SSSR count). The molecule has 3 heterocycles. The molecule has 4 aromatic rings. The first-order chi connectivity index (χ1) is 21.3. The summed E-state index contributed by atoms with van der Waals surface area (Å²) in [6.45, 7) is 4.92. The summed E-state index contributed by atoms with van der Waals surface area (Å²) >= 11 is 1.60. The number of benzene rings is 2. The molecule has 12 heteroatoms. The van der Waals surface area contributed by atoms with E-state index in [-0.39, 0.29) is 6.04 Å². The molecule has 44 heavy (non-hydrogen) atoms. The van der Waals surface area contributed by atoms with Gasteiger partial charge >= 0.3 is 0 Å². The normalized spacial score (nSPS) is 14.2. The standard InChI is InChI=1S/C32H44N8O3S/c1-38(2)14-15-43-28-9-7-8-27(39(3)4)25(28)20-40-12-10-22(11-13-40)35-31-24-16-29(41-5)30(42-6)17-26(24)36-32(37-31)34-19-23-18-33-21-44-23/h7-9,16-18,21-22H,10-15,19-20H2,1-6H3,(H2,34,35,36,37). The van der Waals surface area contributed by atoms with E-state index in [0.717, 1.165) is 66.4 Å². The predicted octanol–water partition coefficient (Wildman–Crippen LogP) is 4.80. The van der Waals surface area contributed by atoms with Crippen LogP contribution in [0.25, 0.3) is 10.9 Å². The van der Waals surface area contributed by atoms with E-state index in [1.54, 1.807) is 25.6 Å². The quantitative estimate of drug-likeness (QED) is 0.203. The molecule has 2 N–H and O–H groups in total. The van der Waals surface area contributed by atoms with Crippen LogP contribution >= 0.6 is 11.3 Å². The minimum atomic E-state index is 0.270. The molecular formula is C32H44N8O3S. The Morgan fingerprint density at radius 1 is 1.00 bits per heavy atom. The predicted molar refractivity (Wildman–Crippen MR) is 179 cm³/mol. The van der Waals surface area contributed by atoms with Gasteiger partial charge in [0.1, 0.15) is 18.2 Å². The van der Waals surface area contributed by atoms with Crippen LogP contribution < -0.4 is 29.7 Å². The monoisotopic (exact) mass is 620 g/mol. The maximum absolute atomic E-state index is 6.26. The first kappa shape index (κ1) is 31.6. The van der Waals surface area contributed by atoms with Crippen LogP contribution in [0.1, 0.15) is 23.3 Å². The summed E-state index contributed by atoms with van der Waals surface area (Å²) in [5, 5.41) is 8.01. The number of methoxy groups -OCH3 is 2. The minimum absolute atomic E-state index is 0.270. The number of likely N-dealkylation sites (tertiary alicyclic amines) is 1. The van der Waals surface area contributed by atoms with Crippen LogP contribution in [0.15, 0.2) is 42.0 Å². The Kier molecular flexibility index (Phi) is 10.6. The Morgan fingerprint density at radius 2 is 1.77 bits per heavy atom. The van der Waals surface area contributed by atoms with Crippen LogP contribution in [0.4, 0.5) is 17.5 Å². The van der Waals surface area contributed by atoms with Crippen molar-refractivity contribution in [2.75, 3.05) is 84.2 Å². The zero-order chi connectivity index (χ0) is 31.1. The van der Waals surface area contributed by atoms with Crippen molar-refractivity contribution < 1.29 is 14.2 Å². The molecule has 0 saturated carbocycles. The number of nitrogens with zero attached hydrogens (tertiary/aromatic N) is 6. The number of fused-ring (bicyclic) bond motifs is 1. The summed E-state index contributed by atoms with van der Waals surface area (Å²) in [6, 6.07) is 10.5. The molecule has 1 aliphatic rings. The zero-order valence-corrected chi connectivity index (χ0v) is 27.4. The van der Waals surface area contributed by atoms with Gasteiger partial charge in [-0.1, -0.05) is 6.07 Å². The zero-order valence-electron chi connectivity index (χ0n) is 26.6. The Morgan fingerprint density at radius 3 is 2.45 bits per heavy atom. The topological polar surface area (TPSA) is 100 Å². The van der Waals surface area contributed by atoms with Gasteiger partial charge in [-0.25, -0.2) is 4.98 Å². The van der Waals surface area contributed by atoms with Crippen molar-refractivity contribution in [3.8, 4) is 17.2 Å². The highest BCUT2D eigenvalue weighted by Crippen LogP contribution is 2.36. The Balaban J connectivity index is 1.31. The van der Waals surface area contributed by atoms with E-state index < -0.39 is 0 Å². The van der Waals surface area contributed by atoms with Crippen molar-refractivity contribution >= 4 is 39.7 Å². The first-order valence-corrected chi connectivity index (χ1v) is 15.8. The van der Waals surface area contributed by atoms with E-state index in [1.807, 2.05) is 23.8 Å². The molecule has 0 radical (unpaired) electrons. The number of hydrogen-bond acceptors (Lipinski definition) is 12. The van der Waals surface area contributed by atoms with E-state index in [2.05, 4.69) is 76.7 Å². The fourth-order valence-electron chi connectivity index (χ4n) is 5.40. The minimum Gasteiger partial charge on any atom is -0.493 e. The number of rotatable bonds is 14. The molecule has 0 spiro atoms. The Bertz CT molecular complexity index is 1510. The van der Waals surface area contributed by atoms with Crippen LogP contribution in [-0.4, -0.2) is 99.4 Å². The van der Waals surface area contributed by atoms with E-state index in [1.165, 1.54) is 11.3 Å². The fraction of sp³-hybridized carbons (Fsp3) is 0.469. The number of piperidine rings is 1. The molecule has 2 aromatic carbocycles. The molecule has 1 aliphatic heterocycles. The van der Waals surface area contributed by atoms with Crippen LogP contribution in [0, 0.1) is 0 Å². The van der Waals surface area contributed by atoms with Gasteiger partial charge in [0.2, 0.25) is 5.95 Å². The van der Waals surface area contributed by atoms with E-state index in [9.17, 15) is 0 Å². The van der Waals surface area contributed by atoms with Gasteiger partial charge in [0, 0.05) is 80.1 Å². The van der Waals surface area contributed by atoms with E-state index >= 15 is 0 Å². The van der Waals surface area contributed by atoms with Crippen molar-refractivity contribution in [1.29, 1.82) is 0 Å². The molecular weight excluding hydrogens is 576 g/mol.